The van der Waals surface area contributed by atoms with Gasteiger partial charge in [-0.2, -0.15) is 0 Å². The largest absolute Gasteiger partial charge is 0.288 e. The first-order chi connectivity index (χ1) is 7.18. The van der Waals surface area contributed by atoms with E-state index in [1.165, 1.54) is 24.8 Å². The van der Waals surface area contributed by atoms with E-state index < -0.39 is 4.92 Å². The normalized spacial score (nSPS) is 10.2. The summed E-state index contributed by atoms with van der Waals surface area (Å²) in [5.41, 5.74) is 1.71. The molecule has 0 atom stereocenters. The van der Waals surface area contributed by atoms with Gasteiger partial charge in [-0.05, 0) is 12.5 Å². The third kappa shape index (κ3) is 1.69. The number of hydrogen-bond donors (Lipinski definition) is 0. The minimum Gasteiger partial charge on any atom is -0.288 e. The zero-order chi connectivity index (χ0) is 10.8. The highest BCUT2D eigenvalue weighted by molar-refractivity contribution is 5.48. The van der Waals surface area contributed by atoms with E-state index in [4.69, 9.17) is 0 Å². The predicted molar refractivity (Wildman–Crippen MR) is 52.8 cm³/mol. The highest BCUT2D eigenvalue weighted by Crippen LogP contribution is 2.20. The third-order valence-electron chi connectivity index (χ3n) is 2.10. The molecule has 0 radical (unpaired) electrons. The van der Waals surface area contributed by atoms with Crippen molar-refractivity contribution in [2.75, 3.05) is 0 Å². The molecule has 6 nitrogen and oxygen atoms in total. The van der Waals surface area contributed by atoms with Crippen molar-refractivity contribution in [3.05, 3.63) is 46.5 Å². The van der Waals surface area contributed by atoms with Gasteiger partial charge in [0.25, 0.3) is 5.69 Å². The van der Waals surface area contributed by atoms with Crippen LogP contribution >= 0.6 is 0 Å². The van der Waals surface area contributed by atoms with E-state index in [0.29, 0.717) is 5.69 Å². The Balaban J connectivity index is 2.55. The van der Waals surface area contributed by atoms with Crippen LogP contribution in [0.1, 0.15) is 5.56 Å². The highest BCUT2D eigenvalue weighted by atomic mass is 16.6. The fourth-order valence-electron chi connectivity index (χ4n) is 1.31. The summed E-state index contributed by atoms with van der Waals surface area (Å²) < 4.78 is 1.64. The monoisotopic (exact) mass is 204 g/mol. The average molecular weight is 204 g/mol. The van der Waals surface area contributed by atoms with E-state index in [9.17, 15) is 10.1 Å². The van der Waals surface area contributed by atoms with E-state index in [0.717, 1.165) is 5.56 Å². The maximum absolute atomic E-state index is 10.6. The van der Waals surface area contributed by atoms with Crippen molar-refractivity contribution in [2.45, 2.75) is 6.92 Å². The molecule has 0 aliphatic heterocycles. The van der Waals surface area contributed by atoms with Gasteiger partial charge < -0.3 is 0 Å². The van der Waals surface area contributed by atoms with Crippen molar-refractivity contribution in [1.82, 2.24) is 14.8 Å². The van der Waals surface area contributed by atoms with E-state index >= 15 is 0 Å². The van der Waals surface area contributed by atoms with Gasteiger partial charge in [0.1, 0.15) is 12.7 Å². The van der Waals surface area contributed by atoms with Crippen molar-refractivity contribution < 1.29 is 4.92 Å². The molecular weight excluding hydrogens is 196 g/mol. The van der Waals surface area contributed by atoms with Gasteiger partial charge in [-0.25, -0.2) is 0 Å². The van der Waals surface area contributed by atoms with Crippen molar-refractivity contribution in [3.8, 4) is 5.69 Å². The summed E-state index contributed by atoms with van der Waals surface area (Å²) in [6.45, 7) is 1.87. The molecule has 76 valence electrons. The van der Waals surface area contributed by atoms with Crippen molar-refractivity contribution in [2.24, 2.45) is 0 Å². The quantitative estimate of drug-likeness (QED) is 0.548. The second-order valence-electron chi connectivity index (χ2n) is 3.10. The van der Waals surface area contributed by atoms with E-state index in [1.807, 2.05) is 6.92 Å². The summed E-state index contributed by atoms with van der Waals surface area (Å²) >= 11 is 0. The van der Waals surface area contributed by atoms with Crippen LogP contribution in [0.25, 0.3) is 5.69 Å². The first kappa shape index (κ1) is 9.32. The number of rotatable bonds is 2. The first-order valence-electron chi connectivity index (χ1n) is 4.28. The number of aromatic nitrogens is 3. The molecule has 15 heavy (non-hydrogen) atoms. The Morgan fingerprint density at radius 1 is 1.33 bits per heavy atom. The molecular formula is C9H8N4O2. The van der Waals surface area contributed by atoms with Crippen molar-refractivity contribution in [1.29, 1.82) is 0 Å². The van der Waals surface area contributed by atoms with Crippen molar-refractivity contribution in [3.63, 3.8) is 0 Å². The second-order valence-corrected chi connectivity index (χ2v) is 3.10. The van der Waals surface area contributed by atoms with Crippen LogP contribution in [0.5, 0.6) is 0 Å². The van der Waals surface area contributed by atoms with Gasteiger partial charge in [0.15, 0.2) is 0 Å². The van der Waals surface area contributed by atoms with Gasteiger partial charge in [-0.15, -0.1) is 10.2 Å². The molecule has 0 unspecified atom stereocenters. The molecule has 2 aromatic rings. The van der Waals surface area contributed by atoms with Gasteiger partial charge in [-0.1, -0.05) is 6.07 Å². The lowest BCUT2D eigenvalue weighted by atomic mass is 10.2. The average Bonchev–Trinajstić information content (AvgIpc) is 2.71. The van der Waals surface area contributed by atoms with Gasteiger partial charge in [0, 0.05) is 12.1 Å². The van der Waals surface area contributed by atoms with Crippen LogP contribution < -0.4 is 0 Å². The summed E-state index contributed by atoms with van der Waals surface area (Å²) in [4.78, 5) is 10.2. The lowest BCUT2D eigenvalue weighted by Crippen LogP contribution is -1.96. The number of benzene rings is 1. The number of nitrogens with zero attached hydrogens (tertiary/aromatic N) is 4. The number of aryl methyl sites for hydroxylation is 1. The lowest BCUT2D eigenvalue weighted by molar-refractivity contribution is -0.384. The van der Waals surface area contributed by atoms with Crippen LogP contribution in [0, 0.1) is 17.0 Å². The van der Waals surface area contributed by atoms with Crippen LogP contribution in [0.4, 0.5) is 5.69 Å². The molecule has 0 aliphatic rings. The van der Waals surface area contributed by atoms with Crippen molar-refractivity contribution >= 4 is 5.69 Å². The fourth-order valence-corrected chi connectivity index (χ4v) is 1.31. The van der Waals surface area contributed by atoms with Gasteiger partial charge in [0.05, 0.1) is 10.6 Å². The SMILES string of the molecule is Cc1ccc([N+](=O)[O-])cc1-n1cnnc1. The summed E-state index contributed by atoms with van der Waals surface area (Å²) in [6, 6.07) is 4.68. The van der Waals surface area contributed by atoms with Gasteiger partial charge in [0.2, 0.25) is 0 Å². The molecule has 1 aromatic heterocycles. The maximum Gasteiger partial charge on any atom is 0.271 e. The fraction of sp³-hybridized carbons (Fsp3) is 0.111. The molecule has 0 bridgehead atoms. The zero-order valence-electron chi connectivity index (χ0n) is 7.99. The Morgan fingerprint density at radius 3 is 2.60 bits per heavy atom. The molecule has 0 amide bonds. The predicted octanol–water partition coefficient (Wildman–Crippen LogP) is 1.48. The smallest absolute Gasteiger partial charge is 0.271 e. The molecule has 0 saturated heterocycles. The Bertz CT molecular complexity index is 493. The van der Waals surface area contributed by atoms with Gasteiger partial charge in [-0.3, -0.25) is 14.7 Å². The van der Waals surface area contributed by atoms with Crippen LogP contribution in [0.3, 0.4) is 0 Å². The molecule has 2 rings (SSSR count). The number of nitro benzene ring substituents is 1. The zero-order valence-corrected chi connectivity index (χ0v) is 7.99. The summed E-state index contributed by atoms with van der Waals surface area (Å²) in [5, 5.41) is 17.9. The third-order valence-corrected chi connectivity index (χ3v) is 2.10. The van der Waals surface area contributed by atoms with E-state index in [1.54, 1.807) is 10.6 Å². The number of nitro groups is 1. The first-order valence-corrected chi connectivity index (χ1v) is 4.28. The summed E-state index contributed by atoms with van der Waals surface area (Å²) in [6.07, 6.45) is 3.01. The van der Waals surface area contributed by atoms with Crippen LogP contribution in [0.15, 0.2) is 30.9 Å². The second kappa shape index (κ2) is 3.49. The molecule has 1 aromatic carbocycles. The molecule has 0 fully saturated rings. The molecule has 0 aliphatic carbocycles. The summed E-state index contributed by atoms with van der Waals surface area (Å²) in [5.74, 6) is 0. The minimum atomic E-state index is -0.423. The summed E-state index contributed by atoms with van der Waals surface area (Å²) in [7, 11) is 0. The van der Waals surface area contributed by atoms with Gasteiger partial charge >= 0.3 is 0 Å². The number of hydrogen-bond acceptors (Lipinski definition) is 4. The Labute approximate surface area is 85.3 Å². The molecule has 6 heteroatoms. The van der Waals surface area contributed by atoms with E-state index in [-0.39, 0.29) is 5.69 Å². The molecule has 0 spiro atoms. The highest BCUT2D eigenvalue weighted by Gasteiger charge is 2.09. The van der Waals surface area contributed by atoms with Crippen LogP contribution in [-0.4, -0.2) is 19.7 Å². The Hall–Kier alpha value is -2.24. The maximum atomic E-state index is 10.6. The van der Waals surface area contributed by atoms with Crippen LogP contribution in [-0.2, 0) is 0 Å². The Morgan fingerprint density at radius 2 is 2.00 bits per heavy atom. The standard InChI is InChI=1S/C9H8N4O2/c1-7-2-3-8(13(14)15)4-9(7)12-5-10-11-6-12/h2-6H,1H3. The number of non-ortho nitro benzene ring substituents is 1. The van der Waals surface area contributed by atoms with E-state index in [2.05, 4.69) is 10.2 Å². The van der Waals surface area contributed by atoms with Crippen LogP contribution in [0.2, 0.25) is 0 Å². The molecule has 0 N–H and O–H groups in total. The minimum absolute atomic E-state index is 0.0595. The Kier molecular flexibility index (Phi) is 2.17. The molecule has 0 saturated carbocycles. The topological polar surface area (TPSA) is 73.8 Å². The molecule has 1 heterocycles. The lowest BCUT2D eigenvalue weighted by Gasteiger charge is -2.04.